The molecule has 5 nitrogen and oxygen atoms in total. The molecule has 2 aliphatic rings. The van der Waals surface area contributed by atoms with Gasteiger partial charge in [0.15, 0.2) is 0 Å². The van der Waals surface area contributed by atoms with Crippen molar-refractivity contribution in [3.05, 3.63) is 52.6 Å². The Labute approximate surface area is 159 Å². The largest absolute Gasteiger partial charge is 0.381 e. The van der Waals surface area contributed by atoms with Crippen molar-refractivity contribution in [3.8, 4) is 0 Å². The maximum absolute atomic E-state index is 13.2. The highest BCUT2D eigenvalue weighted by atomic mass is 19.1. The van der Waals surface area contributed by atoms with Crippen LogP contribution < -0.4 is 0 Å². The molecule has 4 rings (SSSR count). The van der Waals surface area contributed by atoms with Crippen molar-refractivity contribution < 1.29 is 13.9 Å². The minimum Gasteiger partial charge on any atom is -0.381 e. The van der Waals surface area contributed by atoms with Crippen LogP contribution in [0.5, 0.6) is 0 Å². The fourth-order valence-corrected chi connectivity index (χ4v) is 4.11. The van der Waals surface area contributed by atoms with E-state index in [2.05, 4.69) is 5.10 Å². The molecule has 2 aromatic rings. The van der Waals surface area contributed by atoms with Crippen molar-refractivity contribution in [3.63, 3.8) is 0 Å². The molecular weight excluding hydrogens is 345 g/mol. The number of rotatable bonds is 4. The third-order valence-corrected chi connectivity index (χ3v) is 5.74. The van der Waals surface area contributed by atoms with Crippen molar-refractivity contribution in [1.29, 1.82) is 0 Å². The van der Waals surface area contributed by atoms with E-state index in [1.807, 2.05) is 16.5 Å². The molecule has 27 heavy (non-hydrogen) atoms. The van der Waals surface area contributed by atoms with Crippen LogP contribution in [0.15, 0.2) is 24.3 Å². The maximum atomic E-state index is 13.2. The van der Waals surface area contributed by atoms with Crippen LogP contribution in [0.4, 0.5) is 4.39 Å². The molecule has 0 unspecified atom stereocenters. The zero-order valence-electron chi connectivity index (χ0n) is 15.8. The predicted molar refractivity (Wildman–Crippen MR) is 99.7 cm³/mol. The number of nitrogens with zero attached hydrogens (tertiary/aromatic N) is 3. The second-order valence-electron chi connectivity index (χ2n) is 7.62. The lowest BCUT2D eigenvalue weighted by molar-refractivity contribution is -0.133. The molecule has 0 aliphatic carbocycles. The molecule has 144 valence electrons. The number of carbonyl (C=O) groups is 1. The molecular formula is C21H26FN3O2. The van der Waals surface area contributed by atoms with E-state index in [1.54, 1.807) is 12.1 Å². The van der Waals surface area contributed by atoms with Crippen LogP contribution in [0.3, 0.4) is 0 Å². The average molecular weight is 371 g/mol. The second-order valence-corrected chi connectivity index (χ2v) is 7.62. The highest BCUT2D eigenvalue weighted by Crippen LogP contribution is 2.26. The van der Waals surface area contributed by atoms with E-state index < -0.39 is 0 Å². The topological polar surface area (TPSA) is 47.4 Å². The molecule has 1 saturated heterocycles. The Bertz CT molecular complexity index is 810. The number of aromatic nitrogens is 2. The number of ether oxygens (including phenoxy) is 1. The number of benzene rings is 1. The molecule has 1 fully saturated rings. The predicted octanol–water partition coefficient (Wildman–Crippen LogP) is 3.08. The smallest absolute Gasteiger partial charge is 0.223 e. The number of amides is 1. The molecule has 6 heteroatoms. The zero-order valence-corrected chi connectivity index (χ0v) is 15.8. The molecule has 0 saturated carbocycles. The number of halogens is 1. The highest BCUT2D eigenvalue weighted by Gasteiger charge is 2.28. The van der Waals surface area contributed by atoms with E-state index >= 15 is 0 Å². The minimum atomic E-state index is -0.234. The van der Waals surface area contributed by atoms with Crippen molar-refractivity contribution in [2.24, 2.45) is 5.92 Å². The summed E-state index contributed by atoms with van der Waals surface area (Å²) in [6.45, 7) is 5.53. The van der Waals surface area contributed by atoms with E-state index in [1.165, 1.54) is 17.7 Å². The Hall–Kier alpha value is -2.21. The van der Waals surface area contributed by atoms with E-state index in [9.17, 15) is 9.18 Å². The van der Waals surface area contributed by atoms with Crippen molar-refractivity contribution in [1.82, 2.24) is 14.7 Å². The molecule has 0 radical (unpaired) electrons. The summed E-state index contributed by atoms with van der Waals surface area (Å²) in [5, 5.41) is 4.69. The molecule has 0 bridgehead atoms. The average Bonchev–Trinajstić information content (AvgIpc) is 2.99. The summed E-state index contributed by atoms with van der Waals surface area (Å²) in [4.78, 5) is 14.8. The van der Waals surface area contributed by atoms with Gasteiger partial charge in [-0.05, 0) is 55.4 Å². The Morgan fingerprint density at radius 2 is 2.00 bits per heavy atom. The number of fused-ring (bicyclic) bond motifs is 1. The third kappa shape index (κ3) is 4.05. The molecule has 1 aromatic carbocycles. The van der Waals surface area contributed by atoms with Gasteiger partial charge >= 0.3 is 0 Å². The Morgan fingerprint density at radius 1 is 1.26 bits per heavy atom. The van der Waals surface area contributed by atoms with Gasteiger partial charge in [-0.1, -0.05) is 12.1 Å². The first-order chi connectivity index (χ1) is 13.1. The van der Waals surface area contributed by atoms with Gasteiger partial charge in [-0.15, -0.1) is 0 Å². The third-order valence-electron chi connectivity index (χ3n) is 5.74. The summed E-state index contributed by atoms with van der Waals surface area (Å²) < 4.78 is 20.5. The first-order valence-electron chi connectivity index (χ1n) is 9.75. The Kier molecular flexibility index (Phi) is 5.25. The van der Waals surface area contributed by atoms with E-state index in [0.717, 1.165) is 56.0 Å². The van der Waals surface area contributed by atoms with E-state index in [4.69, 9.17) is 4.74 Å². The van der Waals surface area contributed by atoms with Crippen LogP contribution in [0.25, 0.3) is 0 Å². The lowest BCUT2D eigenvalue weighted by Crippen LogP contribution is -2.38. The number of aryl methyl sites for hydroxylation is 1. The number of carbonyl (C=O) groups excluding carboxylic acids is 1. The lowest BCUT2D eigenvalue weighted by atomic mass is 9.95. The van der Waals surface area contributed by atoms with E-state index in [0.29, 0.717) is 25.4 Å². The molecule has 2 aliphatic heterocycles. The first kappa shape index (κ1) is 18.2. The van der Waals surface area contributed by atoms with Gasteiger partial charge in [0.1, 0.15) is 5.82 Å². The summed E-state index contributed by atoms with van der Waals surface area (Å²) >= 11 is 0. The van der Waals surface area contributed by atoms with Gasteiger partial charge < -0.3 is 9.64 Å². The summed E-state index contributed by atoms with van der Waals surface area (Å²) in [5.41, 5.74) is 4.41. The van der Waals surface area contributed by atoms with Crippen molar-refractivity contribution >= 4 is 5.91 Å². The van der Waals surface area contributed by atoms with Gasteiger partial charge in [0, 0.05) is 26.2 Å². The van der Waals surface area contributed by atoms with Crippen LogP contribution in [0.2, 0.25) is 0 Å². The summed E-state index contributed by atoms with van der Waals surface area (Å²) in [7, 11) is 0. The molecule has 0 N–H and O–H groups in total. The molecule has 0 atom stereocenters. The summed E-state index contributed by atoms with van der Waals surface area (Å²) in [5.74, 6) is 0.445. The first-order valence-corrected chi connectivity index (χ1v) is 9.75. The van der Waals surface area contributed by atoms with E-state index in [-0.39, 0.29) is 11.7 Å². The van der Waals surface area contributed by atoms with Crippen LogP contribution in [-0.2, 0) is 29.0 Å². The van der Waals surface area contributed by atoms with Crippen LogP contribution in [-0.4, -0.2) is 40.3 Å². The molecule has 1 aromatic heterocycles. The van der Waals surface area contributed by atoms with Gasteiger partial charge in [-0.2, -0.15) is 5.10 Å². The van der Waals surface area contributed by atoms with Crippen molar-refractivity contribution in [2.75, 3.05) is 19.8 Å². The zero-order chi connectivity index (χ0) is 18.8. The van der Waals surface area contributed by atoms with Gasteiger partial charge in [0.05, 0.1) is 24.5 Å². The molecule has 1 amide bonds. The van der Waals surface area contributed by atoms with Crippen LogP contribution in [0, 0.1) is 18.7 Å². The standard InChI is InChI=1S/C21H26FN3O2/c1-15-19-6-9-24(21(26)12-16-7-10-27-11-8-16)14-20(19)25(23-15)13-17-2-4-18(22)5-3-17/h2-5,16H,6-14H2,1H3. The summed E-state index contributed by atoms with van der Waals surface area (Å²) in [6, 6.07) is 6.52. The Morgan fingerprint density at radius 3 is 2.74 bits per heavy atom. The van der Waals surface area contributed by atoms with Gasteiger partial charge in [0.2, 0.25) is 5.91 Å². The fraction of sp³-hybridized carbons (Fsp3) is 0.524. The van der Waals surface area contributed by atoms with Crippen LogP contribution in [0.1, 0.15) is 41.8 Å². The molecule has 0 spiro atoms. The fourth-order valence-electron chi connectivity index (χ4n) is 4.11. The second kappa shape index (κ2) is 7.80. The minimum absolute atomic E-state index is 0.234. The quantitative estimate of drug-likeness (QED) is 0.830. The highest BCUT2D eigenvalue weighted by molar-refractivity contribution is 5.76. The molecule has 3 heterocycles. The maximum Gasteiger partial charge on any atom is 0.223 e. The monoisotopic (exact) mass is 371 g/mol. The van der Waals surface area contributed by atoms with Crippen LogP contribution >= 0.6 is 0 Å². The van der Waals surface area contributed by atoms with Gasteiger partial charge in [0.25, 0.3) is 0 Å². The van der Waals surface area contributed by atoms with Gasteiger partial charge in [-0.25, -0.2) is 4.39 Å². The SMILES string of the molecule is Cc1nn(Cc2ccc(F)cc2)c2c1CCN(C(=O)CC1CCOCC1)C2. The Balaban J connectivity index is 1.47. The lowest BCUT2D eigenvalue weighted by Gasteiger charge is -2.30. The van der Waals surface area contributed by atoms with Gasteiger partial charge in [-0.3, -0.25) is 9.48 Å². The number of hydrogen-bond acceptors (Lipinski definition) is 3. The summed E-state index contributed by atoms with van der Waals surface area (Å²) in [6.07, 6.45) is 3.42. The normalized spacial score (nSPS) is 17.8. The van der Waals surface area contributed by atoms with Crippen molar-refractivity contribution in [2.45, 2.75) is 45.7 Å². The number of hydrogen-bond donors (Lipinski definition) is 0.